The second kappa shape index (κ2) is 6.34. The maximum atomic E-state index is 12.4. The number of para-hydroxylation sites is 1. The summed E-state index contributed by atoms with van der Waals surface area (Å²) in [4.78, 5) is 11.2. The third-order valence-corrected chi connectivity index (χ3v) is 3.51. The second-order valence-corrected chi connectivity index (χ2v) is 4.89. The zero-order valence-electron chi connectivity index (χ0n) is 11.5. The number of alkyl halides is 3. The Bertz CT molecular complexity index is 505. The number of ether oxygens (including phenoxy) is 1. The van der Waals surface area contributed by atoms with Gasteiger partial charge in [-0.15, -0.1) is 0 Å². The van der Waals surface area contributed by atoms with Crippen molar-refractivity contribution < 1.29 is 22.7 Å². The summed E-state index contributed by atoms with van der Waals surface area (Å²) in [5, 5.41) is 5.23. The normalized spacial score (nSPS) is 22.7. The first-order valence-electron chi connectivity index (χ1n) is 6.67. The van der Waals surface area contributed by atoms with Crippen molar-refractivity contribution in [1.29, 1.82) is 0 Å². The van der Waals surface area contributed by atoms with Gasteiger partial charge in [-0.25, -0.2) is 0 Å². The first-order valence-corrected chi connectivity index (χ1v) is 6.67. The number of nitrogens with one attached hydrogen (secondary N) is 2. The molecule has 1 aliphatic heterocycles. The van der Waals surface area contributed by atoms with Crippen molar-refractivity contribution in [2.45, 2.75) is 31.1 Å². The van der Waals surface area contributed by atoms with Crippen molar-refractivity contribution in [3.05, 3.63) is 29.8 Å². The molecule has 1 aromatic carbocycles. The summed E-state index contributed by atoms with van der Waals surface area (Å²) >= 11 is 0. The third kappa shape index (κ3) is 3.66. The summed E-state index contributed by atoms with van der Waals surface area (Å²) in [6, 6.07) is 6.08. The lowest BCUT2D eigenvalue weighted by Gasteiger charge is -2.34. The van der Waals surface area contributed by atoms with Crippen LogP contribution in [0.15, 0.2) is 24.3 Å². The van der Waals surface area contributed by atoms with Gasteiger partial charge in [0.15, 0.2) is 0 Å². The van der Waals surface area contributed by atoms with Crippen molar-refractivity contribution in [3.63, 3.8) is 0 Å². The number of amides is 1. The van der Waals surface area contributed by atoms with Crippen molar-refractivity contribution in [1.82, 2.24) is 10.6 Å². The van der Waals surface area contributed by atoms with Gasteiger partial charge in [0, 0.05) is 11.6 Å². The van der Waals surface area contributed by atoms with Crippen LogP contribution < -0.4 is 15.4 Å². The van der Waals surface area contributed by atoms with E-state index in [9.17, 15) is 18.0 Å². The standard InChI is InChI=1S/C14H17F3N2O2/c1-21-11-7-3-2-5-9(11)12-10(6-4-8-18-12)19-13(20)14(15,16)17/h2-3,5,7,10,12,18H,4,6,8H2,1H3,(H,19,20). The SMILES string of the molecule is COc1ccccc1C1NCCCC1NC(=O)C(F)(F)F. The summed E-state index contributed by atoms with van der Waals surface area (Å²) in [6.45, 7) is 0.682. The van der Waals surface area contributed by atoms with Gasteiger partial charge in [-0.2, -0.15) is 13.2 Å². The third-order valence-electron chi connectivity index (χ3n) is 3.51. The molecule has 0 radical (unpaired) electrons. The van der Waals surface area contributed by atoms with Crippen molar-refractivity contribution in [2.24, 2.45) is 0 Å². The average Bonchev–Trinajstić information content (AvgIpc) is 2.47. The number of methoxy groups -OCH3 is 1. The van der Waals surface area contributed by atoms with E-state index in [0.717, 1.165) is 5.56 Å². The lowest BCUT2D eigenvalue weighted by molar-refractivity contribution is -0.174. The molecule has 21 heavy (non-hydrogen) atoms. The van der Waals surface area contributed by atoms with E-state index in [1.165, 1.54) is 7.11 Å². The zero-order chi connectivity index (χ0) is 15.5. The van der Waals surface area contributed by atoms with E-state index in [-0.39, 0.29) is 0 Å². The van der Waals surface area contributed by atoms with Gasteiger partial charge >= 0.3 is 12.1 Å². The minimum atomic E-state index is -4.87. The van der Waals surface area contributed by atoms with E-state index in [4.69, 9.17) is 4.74 Å². The van der Waals surface area contributed by atoms with Crippen LogP contribution in [0, 0.1) is 0 Å². The molecule has 0 spiro atoms. The topological polar surface area (TPSA) is 50.4 Å². The lowest BCUT2D eigenvalue weighted by atomic mass is 9.91. The summed E-state index contributed by atoms with van der Waals surface area (Å²) in [5.41, 5.74) is 0.743. The van der Waals surface area contributed by atoms with E-state index < -0.39 is 24.2 Å². The minimum Gasteiger partial charge on any atom is -0.496 e. The molecule has 1 amide bonds. The van der Waals surface area contributed by atoms with Gasteiger partial charge in [0.05, 0.1) is 13.2 Å². The molecule has 0 aromatic heterocycles. The van der Waals surface area contributed by atoms with E-state index in [0.29, 0.717) is 25.1 Å². The maximum Gasteiger partial charge on any atom is 0.471 e. The molecule has 0 aliphatic carbocycles. The van der Waals surface area contributed by atoms with Crippen LogP contribution in [0.4, 0.5) is 13.2 Å². The molecule has 116 valence electrons. The van der Waals surface area contributed by atoms with Crippen LogP contribution in [0.2, 0.25) is 0 Å². The molecular weight excluding hydrogens is 285 g/mol. The van der Waals surface area contributed by atoms with Crippen LogP contribution in [0.5, 0.6) is 5.75 Å². The number of benzene rings is 1. The minimum absolute atomic E-state index is 0.402. The van der Waals surface area contributed by atoms with Crippen LogP contribution in [-0.2, 0) is 4.79 Å². The highest BCUT2D eigenvalue weighted by atomic mass is 19.4. The van der Waals surface area contributed by atoms with E-state index in [1.54, 1.807) is 24.3 Å². The van der Waals surface area contributed by atoms with Gasteiger partial charge in [-0.3, -0.25) is 4.79 Å². The largest absolute Gasteiger partial charge is 0.496 e. The fourth-order valence-electron chi connectivity index (χ4n) is 2.54. The molecule has 1 aromatic rings. The number of hydrogen-bond acceptors (Lipinski definition) is 3. The van der Waals surface area contributed by atoms with Crippen LogP contribution in [0.3, 0.4) is 0 Å². The molecule has 2 atom stereocenters. The monoisotopic (exact) mass is 302 g/mol. The number of carbonyl (C=O) groups excluding carboxylic acids is 1. The Hall–Kier alpha value is -1.76. The number of rotatable bonds is 3. The molecular formula is C14H17F3N2O2. The fraction of sp³-hybridized carbons (Fsp3) is 0.500. The Morgan fingerprint density at radius 2 is 2.10 bits per heavy atom. The molecule has 0 bridgehead atoms. The molecule has 2 rings (SSSR count). The van der Waals surface area contributed by atoms with Crippen molar-refractivity contribution in [3.8, 4) is 5.75 Å². The number of halogens is 3. The Kier molecular flexibility index (Phi) is 4.72. The molecule has 1 heterocycles. The highest BCUT2D eigenvalue weighted by molar-refractivity contribution is 5.82. The van der Waals surface area contributed by atoms with Crippen LogP contribution in [0.1, 0.15) is 24.4 Å². The van der Waals surface area contributed by atoms with Crippen LogP contribution in [-0.4, -0.2) is 31.8 Å². The van der Waals surface area contributed by atoms with Gasteiger partial charge in [0.1, 0.15) is 5.75 Å². The molecule has 1 fully saturated rings. The predicted molar refractivity (Wildman–Crippen MR) is 71.0 cm³/mol. The Labute approximate surface area is 120 Å². The first-order chi connectivity index (χ1) is 9.93. The summed E-state index contributed by atoms with van der Waals surface area (Å²) in [7, 11) is 1.50. The van der Waals surface area contributed by atoms with E-state index in [1.807, 2.05) is 0 Å². The van der Waals surface area contributed by atoms with Crippen LogP contribution >= 0.6 is 0 Å². The van der Waals surface area contributed by atoms with E-state index >= 15 is 0 Å². The molecule has 4 nitrogen and oxygen atoms in total. The zero-order valence-corrected chi connectivity index (χ0v) is 11.5. The highest BCUT2D eigenvalue weighted by Crippen LogP contribution is 2.31. The molecule has 2 unspecified atom stereocenters. The Morgan fingerprint density at radius 3 is 2.76 bits per heavy atom. The second-order valence-electron chi connectivity index (χ2n) is 4.89. The molecule has 1 saturated heterocycles. The quantitative estimate of drug-likeness (QED) is 0.899. The summed E-state index contributed by atoms with van der Waals surface area (Å²) in [5.74, 6) is -1.32. The van der Waals surface area contributed by atoms with Gasteiger partial charge in [-0.1, -0.05) is 18.2 Å². The Morgan fingerprint density at radius 1 is 1.38 bits per heavy atom. The highest BCUT2D eigenvalue weighted by Gasteiger charge is 2.41. The Balaban J connectivity index is 2.21. The van der Waals surface area contributed by atoms with Crippen LogP contribution in [0.25, 0.3) is 0 Å². The number of hydrogen-bond donors (Lipinski definition) is 2. The molecule has 2 N–H and O–H groups in total. The van der Waals surface area contributed by atoms with Gasteiger partial charge in [0.2, 0.25) is 0 Å². The van der Waals surface area contributed by atoms with E-state index in [2.05, 4.69) is 10.6 Å². The average molecular weight is 302 g/mol. The maximum absolute atomic E-state index is 12.4. The molecule has 1 aliphatic rings. The number of carbonyl (C=O) groups is 1. The fourth-order valence-corrected chi connectivity index (χ4v) is 2.54. The van der Waals surface area contributed by atoms with Gasteiger partial charge in [0.25, 0.3) is 0 Å². The van der Waals surface area contributed by atoms with Gasteiger partial charge < -0.3 is 15.4 Å². The first kappa shape index (κ1) is 15.6. The molecule has 7 heteroatoms. The summed E-state index contributed by atoms with van der Waals surface area (Å²) < 4.78 is 42.5. The summed E-state index contributed by atoms with van der Waals surface area (Å²) in [6.07, 6.45) is -3.69. The number of piperidine rings is 1. The predicted octanol–water partition coefficient (Wildman–Crippen LogP) is 2.17. The van der Waals surface area contributed by atoms with Crippen molar-refractivity contribution in [2.75, 3.05) is 13.7 Å². The lowest BCUT2D eigenvalue weighted by Crippen LogP contribution is -2.51. The van der Waals surface area contributed by atoms with Crippen molar-refractivity contribution >= 4 is 5.91 Å². The molecule has 0 saturated carbocycles. The smallest absolute Gasteiger partial charge is 0.471 e. The van der Waals surface area contributed by atoms with Gasteiger partial charge in [-0.05, 0) is 25.5 Å².